The van der Waals surface area contributed by atoms with Crippen molar-refractivity contribution in [3.05, 3.63) is 17.5 Å². The Morgan fingerprint density at radius 2 is 2.19 bits per heavy atom. The summed E-state index contributed by atoms with van der Waals surface area (Å²) in [5.74, 6) is 0. The Labute approximate surface area is 96.2 Å². The molecule has 5 nitrogen and oxygen atoms in total. The van der Waals surface area contributed by atoms with Crippen molar-refractivity contribution in [3.63, 3.8) is 0 Å². The Hall–Kier alpha value is -0.910. The van der Waals surface area contributed by atoms with Crippen molar-refractivity contribution in [2.45, 2.75) is 39.1 Å². The third kappa shape index (κ3) is 3.04. The van der Waals surface area contributed by atoms with Crippen LogP contribution in [0.5, 0.6) is 0 Å². The number of aromatic nitrogens is 2. The normalized spacial score (nSPS) is 17.1. The van der Waals surface area contributed by atoms with Gasteiger partial charge in [0, 0.05) is 25.4 Å². The Bertz CT molecular complexity index is 336. The zero-order valence-corrected chi connectivity index (χ0v) is 10.3. The highest BCUT2D eigenvalue weighted by atomic mass is 16.5. The van der Waals surface area contributed by atoms with Crippen LogP contribution in [-0.4, -0.2) is 33.6 Å². The Morgan fingerprint density at radius 1 is 1.56 bits per heavy atom. The van der Waals surface area contributed by atoms with Gasteiger partial charge in [-0.3, -0.25) is 4.68 Å². The van der Waals surface area contributed by atoms with E-state index in [1.165, 1.54) is 0 Å². The van der Waals surface area contributed by atoms with Gasteiger partial charge in [0.2, 0.25) is 0 Å². The third-order valence-corrected chi connectivity index (χ3v) is 2.67. The highest BCUT2D eigenvalue weighted by molar-refractivity contribution is 5.19. The van der Waals surface area contributed by atoms with E-state index in [0.717, 1.165) is 11.3 Å². The van der Waals surface area contributed by atoms with Gasteiger partial charge in [-0.2, -0.15) is 5.10 Å². The molecule has 1 heterocycles. The van der Waals surface area contributed by atoms with Gasteiger partial charge in [-0.25, -0.2) is 0 Å². The minimum Gasteiger partial charge on any atom is -0.391 e. The van der Waals surface area contributed by atoms with E-state index in [9.17, 15) is 5.11 Å². The Balaban J connectivity index is 2.78. The number of nitrogens with zero attached hydrogens (tertiary/aromatic N) is 2. The lowest BCUT2D eigenvalue weighted by molar-refractivity contribution is -0.0593. The van der Waals surface area contributed by atoms with Crippen LogP contribution in [0.4, 0.5) is 0 Å². The Kier molecular flexibility index (Phi) is 4.46. The monoisotopic (exact) mass is 227 g/mol. The molecule has 0 radical (unpaired) electrons. The van der Waals surface area contributed by atoms with E-state index in [2.05, 4.69) is 5.10 Å². The summed E-state index contributed by atoms with van der Waals surface area (Å²) in [6.45, 7) is 5.84. The summed E-state index contributed by atoms with van der Waals surface area (Å²) in [5.41, 5.74) is 7.58. The molecule has 0 amide bonds. The van der Waals surface area contributed by atoms with Crippen molar-refractivity contribution < 1.29 is 9.84 Å². The van der Waals surface area contributed by atoms with Crippen LogP contribution < -0.4 is 5.73 Å². The second-order valence-electron chi connectivity index (χ2n) is 4.15. The largest absolute Gasteiger partial charge is 0.391 e. The van der Waals surface area contributed by atoms with Crippen LogP contribution in [0.25, 0.3) is 0 Å². The third-order valence-electron chi connectivity index (χ3n) is 2.67. The lowest BCUT2D eigenvalue weighted by Crippen LogP contribution is -2.28. The van der Waals surface area contributed by atoms with E-state index in [0.29, 0.717) is 6.54 Å². The van der Waals surface area contributed by atoms with Gasteiger partial charge in [0.05, 0.1) is 24.0 Å². The molecule has 0 saturated heterocycles. The predicted octanol–water partition coefficient (Wildman–Crippen LogP) is 0.514. The molecule has 0 aromatic carbocycles. The van der Waals surface area contributed by atoms with E-state index < -0.39 is 6.10 Å². The first-order chi connectivity index (χ1) is 7.45. The van der Waals surface area contributed by atoms with E-state index in [-0.39, 0.29) is 12.2 Å². The molecule has 5 heteroatoms. The fraction of sp³-hybridized carbons (Fsp3) is 0.727. The first-order valence-electron chi connectivity index (χ1n) is 5.49. The van der Waals surface area contributed by atoms with Crippen LogP contribution in [0, 0.1) is 6.92 Å². The summed E-state index contributed by atoms with van der Waals surface area (Å²) >= 11 is 0. The molecule has 0 spiro atoms. The molecule has 92 valence electrons. The van der Waals surface area contributed by atoms with Crippen LogP contribution >= 0.6 is 0 Å². The minimum atomic E-state index is -0.508. The lowest BCUT2D eigenvalue weighted by Gasteiger charge is -2.22. The maximum absolute atomic E-state index is 9.40. The van der Waals surface area contributed by atoms with E-state index in [1.54, 1.807) is 11.6 Å². The summed E-state index contributed by atoms with van der Waals surface area (Å²) in [4.78, 5) is 0. The van der Waals surface area contributed by atoms with Crippen LogP contribution in [0.1, 0.15) is 31.2 Å². The van der Waals surface area contributed by atoms with Gasteiger partial charge in [-0.1, -0.05) is 0 Å². The minimum absolute atomic E-state index is 0.210. The topological polar surface area (TPSA) is 73.3 Å². The van der Waals surface area contributed by atoms with Crippen molar-refractivity contribution >= 4 is 0 Å². The number of ether oxygens (including phenoxy) is 1. The van der Waals surface area contributed by atoms with Crippen LogP contribution in [0.2, 0.25) is 0 Å². The van der Waals surface area contributed by atoms with E-state index >= 15 is 0 Å². The van der Waals surface area contributed by atoms with Crippen molar-refractivity contribution in [2.75, 3.05) is 6.54 Å². The number of aryl methyl sites for hydroxylation is 2. The highest BCUT2D eigenvalue weighted by Gasteiger charge is 2.20. The fourth-order valence-electron chi connectivity index (χ4n) is 1.56. The second kappa shape index (κ2) is 5.43. The molecule has 0 fully saturated rings. The molecule has 0 aliphatic carbocycles. The van der Waals surface area contributed by atoms with Crippen LogP contribution in [-0.2, 0) is 11.8 Å². The summed E-state index contributed by atoms with van der Waals surface area (Å²) < 4.78 is 7.45. The zero-order chi connectivity index (χ0) is 12.3. The molecule has 1 rings (SSSR count). The van der Waals surface area contributed by atoms with Crippen molar-refractivity contribution in [3.8, 4) is 0 Å². The number of hydrogen-bond donors (Lipinski definition) is 2. The molecule has 3 unspecified atom stereocenters. The summed E-state index contributed by atoms with van der Waals surface area (Å²) in [6, 6.07) is 0. The predicted molar refractivity (Wildman–Crippen MR) is 62.0 cm³/mol. The maximum atomic E-state index is 9.40. The molecule has 3 atom stereocenters. The average molecular weight is 227 g/mol. The first-order valence-corrected chi connectivity index (χ1v) is 5.49. The zero-order valence-electron chi connectivity index (χ0n) is 10.3. The number of aliphatic hydroxyl groups excluding tert-OH is 1. The van der Waals surface area contributed by atoms with E-state index in [4.69, 9.17) is 10.5 Å². The SMILES string of the molecule is Cc1nn(C)cc1C(CN)OC(C)C(C)O. The maximum Gasteiger partial charge on any atom is 0.0984 e. The van der Waals surface area contributed by atoms with Gasteiger partial charge in [0.25, 0.3) is 0 Å². The van der Waals surface area contributed by atoms with E-state index in [1.807, 2.05) is 27.1 Å². The van der Waals surface area contributed by atoms with Gasteiger partial charge in [0.1, 0.15) is 0 Å². The molecule has 1 aromatic heterocycles. The second-order valence-corrected chi connectivity index (χ2v) is 4.15. The van der Waals surface area contributed by atoms with Gasteiger partial charge in [-0.05, 0) is 20.8 Å². The standard InChI is InChI=1S/C11H21N3O2/c1-7-10(6-14(4)13-7)11(5-12)16-9(3)8(2)15/h6,8-9,11,15H,5,12H2,1-4H3. The number of hydrogen-bond acceptors (Lipinski definition) is 4. The van der Waals surface area contributed by atoms with Crippen molar-refractivity contribution in [1.29, 1.82) is 0 Å². The summed E-state index contributed by atoms with van der Waals surface area (Å²) in [6.07, 6.45) is 0.944. The van der Waals surface area contributed by atoms with Crippen molar-refractivity contribution in [1.82, 2.24) is 9.78 Å². The number of rotatable bonds is 5. The average Bonchev–Trinajstić information content (AvgIpc) is 2.53. The molecule has 3 N–H and O–H groups in total. The molecule has 0 bridgehead atoms. The smallest absolute Gasteiger partial charge is 0.0984 e. The first kappa shape index (κ1) is 13.2. The molecule has 0 aliphatic heterocycles. The lowest BCUT2D eigenvalue weighted by atomic mass is 10.1. The van der Waals surface area contributed by atoms with Gasteiger partial charge in [0.15, 0.2) is 0 Å². The molecule has 0 aliphatic rings. The molecule has 1 aromatic rings. The summed E-state index contributed by atoms with van der Waals surface area (Å²) in [7, 11) is 1.86. The summed E-state index contributed by atoms with van der Waals surface area (Å²) in [5, 5.41) is 13.7. The Morgan fingerprint density at radius 3 is 2.56 bits per heavy atom. The fourth-order valence-corrected chi connectivity index (χ4v) is 1.56. The highest BCUT2D eigenvalue weighted by Crippen LogP contribution is 2.21. The molecule has 0 saturated carbocycles. The quantitative estimate of drug-likeness (QED) is 0.769. The molecule has 16 heavy (non-hydrogen) atoms. The van der Waals surface area contributed by atoms with Gasteiger partial charge in [-0.15, -0.1) is 0 Å². The van der Waals surface area contributed by atoms with Crippen molar-refractivity contribution in [2.24, 2.45) is 12.8 Å². The van der Waals surface area contributed by atoms with Crippen LogP contribution in [0.15, 0.2) is 6.20 Å². The molecular weight excluding hydrogens is 206 g/mol. The number of nitrogens with two attached hydrogens (primary N) is 1. The number of aliphatic hydroxyl groups is 1. The van der Waals surface area contributed by atoms with Gasteiger partial charge < -0.3 is 15.6 Å². The van der Waals surface area contributed by atoms with Gasteiger partial charge >= 0.3 is 0 Å². The van der Waals surface area contributed by atoms with Crippen LogP contribution in [0.3, 0.4) is 0 Å². The molecular formula is C11H21N3O2.